The number of hydrogen-bond acceptors (Lipinski definition) is 3. The van der Waals surface area contributed by atoms with Gasteiger partial charge in [0.2, 0.25) is 0 Å². The van der Waals surface area contributed by atoms with Gasteiger partial charge in [0.05, 0.1) is 6.54 Å². The number of fused-ring (bicyclic) bond motifs is 2. The zero-order valence-corrected chi connectivity index (χ0v) is 22.4. The summed E-state index contributed by atoms with van der Waals surface area (Å²) >= 11 is 0. The first-order valence-corrected chi connectivity index (χ1v) is 13.9. The lowest BCUT2D eigenvalue weighted by Gasteiger charge is -2.16. The standard InChI is InChI=1S/C33H34F2N2O2/c1-23-25(21-39-32-13-12-24(20-38)27-8-3-10-30(27)32)6-2-7-26(23)28-9-4-11-31-29(28)14-18-37(31)17-5-16-36-19-15-33(34,35)22-36/h2,4,6-7,9,11-14,18,20H,3,5,8,10,15-17,19,21-22H2,1H3. The zero-order chi connectivity index (χ0) is 27.0. The highest BCUT2D eigenvalue weighted by Crippen LogP contribution is 2.36. The number of hydrogen-bond donors (Lipinski definition) is 0. The summed E-state index contributed by atoms with van der Waals surface area (Å²) < 4.78 is 35.6. The molecule has 1 aliphatic carbocycles. The van der Waals surface area contributed by atoms with Crippen molar-refractivity contribution in [2.24, 2.45) is 0 Å². The van der Waals surface area contributed by atoms with Crippen molar-refractivity contribution in [2.45, 2.75) is 58.1 Å². The molecule has 0 N–H and O–H groups in total. The maximum Gasteiger partial charge on any atom is 0.261 e. The highest BCUT2D eigenvalue weighted by Gasteiger charge is 2.37. The van der Waals surface area contributed by atoms with Crippen molar-refractivity contribution >= 4 is 17.2 Å². The van der Waals surface area contributed by atoms with Crippen molar-refractivity contribution in [3.63, 3.8) is 0 Å². The van der Waals surface area contributed by atoms with Gasteiger partial charge in [-0.25, -0.2) is 8.78 Å². The van der Waals surface area contributed by atoms with Gasteiger partial charge in [-0.1, -0.05) is 30.3 Å². The molecule has 3 aromatic carbocycles. The van der Waals surface area contributed by atoms with Gasteiger partial charge in [0.1, 0.15) is 18.6 Å². The van der Waals surface area contributed by atoms with Crippen LogP contribution in [0.15, 0.2) is 60.8 Å². The highest BCUT2D eigenvalue weighted by molar-refractivity contribution is 5.96. The number of nitrogens with zero attached hydrogens (tertiary/aromatic N) is 2. The van der Waals surface area contributed by atoms with E-state index in [0.717, 1.165) is 66.5 Å². The Bertz CT molecular complexity index is 1520. The van der Waals surface area contributed by atoms with Crippen LogP contribution >= 0.6 is 0 Å². The molecule has 0 amide bonds. The fourth-order valence-corrected chi connectivity index (χ4v) is 6.35. The molecule has 1 saturated heterocycles. The maximum atomic E-state index is 13.5. The third kappa shape index (κ3) is 5.10. The summed E-state index contributed by atoms with van der Waals surface area (Å²) in [5.41, 5.74) is 8.95. The number of rotatable bonds is 9. The van der Waals surface area contributed by atoms with Crippen LogP contribution in [-0.2, 0) is 26.0 Å². The first-order valence-electron chi connectivity index (χ1n) is 13.9. The highest BCUT2D eigenvalue weighted by atomic mass is 19.3. The Hall–Kier alpha value is -3.51. The van der Waals surface area contributed by atoms with Crippen LogP contribution in [0.5, 0.6) is 5.75 Å². The summed E-state index contributed by atoms with van der Waals surface area (Å²) in [4.78, 5) is 13.3. The van der Waals surface area contributed by atoms with E-state index in [0.29, 0.717) is 19.7 Å². The lowest BCUT2D eigenvalue weighted by molar-refractivity contribution is 0.0121. The molecular formula is C33H34F2N2O2. The smallest absolute Gasteiger partial charge is 0.261 e. The Morgan fingerprint density at radius 3 is 2.62 bits per heavy atom. The molecule has 0 unspecified atom stereocenters. The normalized spacial score (nSPS) is 16.6. The van der Waals surface area contributed by atoms with E-state index in [1.807, 2.05) is 17.0 Å². The summed E-state index contributed by atoms with van der Waals surface area (Å²) in [6.45, 7) is 4.48. The summed E-state index contributed by atoms with van der Waals surface area (Å²) in [5.74, 6) is -1.65. The van der Waals surface area contributed by atoms with Gasteiger partial charge in [-0.15, -0.1) is 0 Å². The van der Waals surface area contributed by atoms with Gasteiger partial charge >= 0.3 is 0 Å². The summed E-state index contributed by atoms with van der Waals surface area (Å²) in [6, 6.07) is 18.7. The fourth-order valence-electron chi connectivity index (χ4n) is 6.35. The lowest BCUT2D eigenvalue weighted by Crippen LogP contribution is -2.26. The Balaban J connectivity index is 1.20. The number of alkyl halides is 2. The second-order valence-electron chi connectivity index (χ2n) is 10.9. The van der Waals surface area contributed by atoms with E-state index >= 15 is 0 Å². The first-order chi connectivity index (χ1) is 18.9. The molecule has 39 heavy (non-hydrogen) atoms. The Morgan fingerprint density at radius 2 is 1.79 bits per heavy atom. The van der Waals surface area contributed by atoms with E-state index in [2.05, 4.69) is 60.2 Å². The van der Waals surface area contributed by atoms with E-state index in [9.17, 15) is 13.6 Å². The van der Waals surface area contributed by atoms with Gasteiger partial charge in [-0.3, -0.25) is 9.69 Å². The molecule has 1 fully saturated rings. The second kappa shape index (κ2) is 10.6. The van der Waals surface area contributed by atoms with Crippen LogP contribution in [-0.4, -0.2) is 41.3 Å². The Morgan fingerprint density at radius 1 is 0.974 bits per heavy atom. The van der Waals surface area contributed by atoms with Crippen molar-refractivity contribution < 1.29 is 18.3 Å². The van der Waals surface area contributed by atoms with Crippen LogP contribution < -0.4 is 4.74 Å². The van der Waals surface area contributed by atoms with E-state index in [-0.39, 0.29) is 13.0 Å². The fraction of sp³-hybridized carbons (Fsp3) is 0.364. The quantitative estimate of drug-likeness (QED) is 0.215. The predicted molar refractivity (Wildman–Crippen MR) is 151 cm³/mol. The molecule has 202 valence electrons. The molecule has 2 heterocycles. The van der Waals surface area contributed by atoms with Crippen LogP contribution in [0.4, 0.5) is 8.78 Å². The molecule has 1 aliphatic heterocycles. The number of ether oxygens (including phenoxy) is 1. The van der Waals surface area contributed by atoms with Crippen molar-refractivity contribution in [2.75, 3.05) is 19.6 Å². The Kier molecular flexibility index (Phi) is 6.98. The third-order valence-electron chi connectivity index (χ3n) is 8.46. The van der Waals surface area contributed by atoms with Crippen LogP contribution in [0.3, 0.4) is 0 Å². The molecule has 0 spiro atoms. The van der Waals surface area contributed by atoms with E-state index in [1.54, 1.807) is 0 Å². The summed E-state index contributed by atoms with van der Waals surface area (Å²) in [6.07, 6.45) is 6.82. The molecule has 0 saturated carbocycles. The topological polar surface area (TPSA) is 34.5 Å². The van der Waals surface area contributed by atoms with Crippen LogP contribution in [0.25, 0.3) is 22.0 Å². The number of carbonyl (C=O) groups excluding carboxylic acids is 1. The molecule has 0 atom stereocenters. The van der Waals surface area contributed by atoms with Crippen LogP contribution in [0, 0.1) is 6.92 Å². The van der Waals surface area contributed by atoms with E-state index < -0.39 is 5.92 Å². The number of likely N-dealkylation sites (tertiary alicyclic amines) is 1. The molecular weight excluding hydrogens is 494 g/mol. The molecule has 2 aliphatic rings. The van der Waals surface area contributed by atoms with Crippen molar-refractivity contribution in [1.29, 1.82) is 0 Å². The molecule has 0 radical (unpaired) electrons. The lowest BCUT2D eigenvalue weighted by atomic mass is 9.94. The second-order valence-corrected chi connectivity index (χ2v) is 10.9. The van der Waals surface area contributed by atoms with Gasteiger partial charge in [0.15, 0.2) is 0 Å². The first kappa shape index (κ1) is 25.8. The number of aldehydes is 1. The number of aromatic nitrogens is 1. The molecule has 6 rings (SSSR count). The molecule has 4 aromatic rings. The minimum atomic E-state index is -2.53. The minimum absolute atomic E-state index is 0.0269. The average molecular weight is 529 g/mol. The van der Waals surface area contributed by atoms with Crippen molar-refractivity contribution in [3.05, 3.63) is 88.6 Å². The van der Waals surface area contributed by atoms with Crippen LogP contribution in [0.1, 0.15) is 51.9 Å². The van der Waals surface area contributed by atoms with Gasteiger partial charge in [0.25, 0.3) is 5.92 Å². The largest absolute Gasteiger partial charge is 0.489 e. The van der Waals surface area contributed by atoms with Gasteiger partial charge in [0, 0.05) is 48.7 Å². The average Bonchev–Trinajstić information content (AvgIpc) is 3.67. The molecule has 1 aromatic heterocycles. The van der Waals surface area contributed by atoms with Crippen molar-refractivity contribution in [1.82, 2.24) is 9.47 Å². The number of carbonyl (C=O) groups is 1. The maximum absolute atomic E-state index is 13.5. The number of aryl methyl sites for hydroxylation is 1. The molecule has 6 heteroatoms. The van der Waals surface area contributed by atoms with E-state index in [4.69, 9.17) is 4.74 Å². The van der Waals surface area contributed by atoms with Gasteiger partial charge in [-0.2, -0.15) is 0 Å². The van der Waals surface area contributed by atoms with E-state index in [1.165, 1.54) is 27.6 Å². The number of halogens is 2. The van der Waals surface area contributed by atoms with Crippen LogP contribution in [0.2, 0.25) is 0 Å². The SMILES string of the molecule is Cc1c(COc2ccc(C=O)c3c2CCC3)cccc1-c1cccc2c1ccn2CCCN1CCC(F)(F)C1. The number of benzene rings is 3. The van der Waals surface area contributed by atoms with Gasteiger partial charge in [-0.05, 0) is 90.3 Å². The predicted octanol–water partition coefficient (Wildman–Crippen LogP) is 7.23. The van der Waals surface area contributed by atoms with Crippen molar-refractivity contribution in [3.8, 4) is 16.9 Å². The Labute approximate surface area is 228 Å². The molecule has 0 bridgehead atoms. The third-order valence-corrected chi connectivity index (χ3v) is 8.46. The summed E-state index contributed by atoms with van der Waals surface area (Å²) in [5, 5.41) is 1.19. The molecule has 4 nitrogen and oxygen atoms in total. The zero-order valence-electron chi connectivity index (χ0n) is 22.4. The summed E-state index contributed by atoms with van der Waals surface area (Å²) in [7, 11) is 0. The minimum Gasteiger partial charge on any atom is -0.489 e. The van der Waals surface area contributed by atoms with Gasteiger partial charge < -0.3 is 9.30 Å². The monoisotopic (exact) mass is 528 g/mol.